The van der Waals surface area contributed by atoms with Crippen LogP contribution < -0.4 is 14.2 Å². The van der Waals surface area contributed by atoms with E-state index in [0.717, 1.165) is 6.42 Å². The Bertz CT molecular complexity index is 581. The zero-order valence-electron chi connectivity index (χ0n) is 11.2. The van der Waals surface area contributed by atoms with Gasteiger partial charge in [-0.25, -0.2) is 0 Å². The summed E-state index contributed by atoms with van der Waals surface area (Å²) in [5, 5.41) is 0.0102. The summed E-state index contributed by atoms with van der Waals surface area (Å²) in [5.41, 5.74) is 0. The van der Waals surface area contributed by atoms with E-state index in [2.05, 4.69) is 15.0 Å². The summed E-state index contributed by atoms with van der Waals surface area (Å²) in [6.45, 7) is 2.48. The molecular weight excluding hydrogens is 282 g/mol. The molecule has 0 aliphatic rings. The van der Waals surface area contributed by atoms with Crippen molar-refractivity contribution >= 4 is 11.6 Å². The van der Waals surface area contributed by atoms with Crippen molar-refractivity contribution in [3.63, 3.8) is 0 Å². The molecule has 0 spiro atoms. The Kier molecular flexibility index (Phi) is 4.95. The van der Waals surface area contributed by atoms with Gasteiger partial charge in [-0.1, -0.05) is 19.1 Å². The van der Waals surface area contributed by atoms with Crippen LogP contribution >= 0.6 is 11.6 Å². The first-order valence-electron chi connectivity index (χ1n) is 6.08. The van der Waals surface area contributed by atoms with Gasteiger partial charge in [0.05, 0.1) is 13.7 Å². The van der Waals surface area contributed by atoms with Gasteiger partial charge in [-0.15, -0.1) is 4.98 Å². The molecule has 0 radical (unpaired) electrons. The Morgan fingerprint density at radius 3 is 2.45 bits per heavy atom. The van der Waals surface area contributed by atoms with Gasteiger partial charge in [0.2, 0.25) is 5.28 Å². The normalized spacial score (nSPS) is 10.2. The van der Waals surface area contributed by atoms with Gasteiger partial charge in [0.15, 0.2) is 11.5 Å². The first-order valence-corrected chi connectivity index (χ1v) is 6.46. The lowest BCUT2D eigenvalue weighted by molar-refractivity contribution is 0.283. The van der Waals surface area contributed by atoms with Crippen molar-refractivity contribution in [1.82, 2.24) is 15.0 Å². The largest absolute Gasteiger partial charge is 0.493 e. The summed E-state index contributed by atoms with van der Waals surface area (Å²) in [6, 6.07) is 7.35. The molecule has 0 aliphatic carbocycles. The van der Waals surface area contributed by atoms with Crippen molar-refractivity contribution in [2.45, 2.75) is 13.3 Å². The zero-order chi connectivity index (χ0) is 14.4. The van der Waals surface area contributed by atoms with Gasteiger partial charge in [-0.05, 0) is 30.2 Å². The molecule has 0 atom stereocenters. The van der Waals surface area contributed by atoms with E-state index in [1.54, 1.807) is 19.2 Å². The van der Waals surface area contributed by atoms with Crippen LogP contribution in [0.2, 0.25) is 5.28 Å². The summed E-state index contributed by atoms with van der Waals surface area (Å²) >= 11 is 5.82. The number of benzene rings is 1. The van der Waals surface area contributed by atoms with Crippen molar-refractivity contribution in [3.05, 3.63) is 29.5 Å². The molecule has 20 heavy (non-hydrogen) atoms. The van der Waals surface area contributed by atoms with Gasteiger partial charge in [0, 0.05) is 0 Å². The highest BCUT2D eigenvalue weighted by Gasteiger charge is 2.10. The predicted octanol–water partition coefficient (Wildman–Crippen LogP) is 3.11. The molecule has 1 aromatic heterocycles. The number of methoxy groups -OCH3 is 1. The molecule has 0 saturated heterocycles. The molecule has 0 unspecified atom stereocenters. The second kappa shape index (κ2) is 6.91. The topological polar surface area (TPSA) is 66.4 Å². The van der Waals surface area contributed by atoms with Gasteiger partial charge in [0.1, 0.15) is 0 Å². The van der Waals surface area contributed by atoms with Gasteiger partial charge < -0.3 is 14.2 Å². The standard InChI is InChI=1S/C13H14ClN3O3/c1-3-8-19-12-15-11(14)16-13(17-12)20-10-7-5-4-6-9(10)18-2/h4-7H,3,8H2,1-2H3. The molecule has 1 aromatic carbocycles. The highest BCUT2D eigenvalue weighted by atomic mass is 35.5. The van der Waals surface area contributed by atoms with Crippen LogP contribution in [-0.2, 0) is 0 Å². The number of ether oxygens (including phenoxy) is 3. The van der Waals surface area contributed by atoms with Crippen molar-refractivity contribution in [1.29, 1.82) is 0 Å². The van der Waals surface area contributed by atoms with Crippen molar-refractivity contribution in [2.75, 3.05) is 13.7 Å². The lowest BCUT2D eigenvalue weighted by Gasteiger charge is -2.09. The van der Waals surface area contributed by atoms with Gasteiger partial charge in [-0.2, -0.15) is 9.97 Å². The van der Waals surface area contributed by atoms with E-state index in [9.17, 15) is 0 Å². The molecule has 2 rings (SSSR count). The Morgan fingerprint density at radius 1 is 1.05 bits per heavy atom. The number of para-hydroxylation sites is 2. The Balaban J connectivity index is 2.22. The van der Waals surface area contributed by atoms with Crippen molar-refractivity contribution < 1.29 is 14.2 Å². The van der Waals surface area contributed by atoms with E-state index in [1.165, 1.54) is 0 Å². The first kappa shape index (κ1) is 14.3. The maximum atomic E-state index is 5.82. The number of rotatable bonds is 6. The minimum atomic E-state index is 0.0102. The van der Waals surface area contributed by atoms with Crippen LogP contribution in [0.25, 0.3) is 0 Å². The highest BCUT2D eigenvalue weighted by Crippen LogP contribution is 2.29. The molecule has 0 amide bonds. The minimum Gasteiger partial charge on any atom is -0.493 e. The van der Waals surface area contributed by atoms with Crippen LogP contribution in [0.5, 0.6) is 23.5 Å². The average molecular weight is 296 g/mol. The predicted molar refractivity (Wildman–Crippen MR) is 73.7 cm³/mol. The lowest BCUT2D eigenvalue weighted by atomic mass is 10.3. The fraction of sp³-hybridized carbons (Fsp3) is 0.308. The second-order valence-corrected chi connectivity index (χ2v) is 4.11. The number of hydrogen-bond donors (Lipinski definition) is 0. The van der Waals surface area contributed by atoms with Crippen molar-refractivity contribution in [3.8, 4) is 23.5 Å². The highest BCUT2D eigenvalue weighted by molar-refractivity contribution is 6.28. The molecule has 0 bridgehead atoms. The molecule has 106 valence electrons. The molecule has 0 aliphatic heterocycles. The first-order chi connectivity index (χ1) is 9.72. The van der Waals surface area contributed by atoms with E-state index in [4.69, 9.17) is 25.8 Å². The van der Waals surface area contributed by atoms with Gasteiger partial charge >= 0.3 is 12.0 Å². The monoisotopic (exact) mass is 295 g/mol. The number of aromatic nitrogens is 3. The van der Waals surface area contributed by atoms with E-state index in [-0.39, 0.29) is 17.3 Å². The molecule has 0 N–H and O–H groups in total. The number of hydrogen-bond acceptors (Lipinski definition) is 6. The van der Waals surface area contributed by atoms with E-state index in [0.29, 0.717) is 18.1 Å². The third-order valence-corrected chi connectivity index (χ3v) is 2.44. The molecule has 7 heteroatoms. The Hall–Kier alpha value is -2.08. The minimum absolute atomic E-state index is 0.0102. The third kappa shape index (κ3) is 3.71. The molecule has 0 saturated carbocycles. The summed E-state index contributed by atoms with van der Waals surface area (Å²) < 4.78 is 16.0. The fourth-order valence-electron chi connectivity index (χ4n) is 1.42. The SMILES string of the molecule is CCCOc1nc(Cl)nc(Oc2ccccc2OC)n1. The summed E-state index contributed by atoms with van der Waals surface area (Å²) in [5.74, 6) is 1.05. The van der Waals surface area contributed by atoms with Gasteiger partial charge in [0.25, 0.3) is 0 Å². The van der Waals surface area contributed by atoms with E-state index >= 15 is 0 Å². The van der Waals surface area contributed by atoms with Crippen molar-refractivity contribution in [2.24, 2.45) is 0 Å². The molecule has 2 aromatic rings. The summed E-state index contributed by atoms with van der Waals surface area (Å²) in [4.78, 5) is 11.8. The van der Waals surface area contributed by atoms with Crippen LogP contribution in [0.3, 0.4) is 0 Å². The van der Waals surface area contributed by atoms with Crippen LogP contribution in [0.4, 0.5) is 0 Å². The van der Waals surface area contributed by atoms with Crippen LogP contribution in [0.1, 0.15) is 13.3 Å². The average Bonchev–Trinajstić information content (AvgIpc) is 2.45. The number of halogens is 1. The Morgan fingerprint density at radius 2 is 1.75 bits per heavy atom. The third-order valence-electron chi connectivity index (χ3n) is 2.27. The van der Waals surface area contributed by atoms with E-state index < -0.39 is 0 Å². The van der Waals surface area contributed by atoms with Crippen LogP contribution in [-0.4, -0.2) is 28.7 Å². The maximum absolute atomic E-state index is 5.82. The number of nitrogens with zero attached hydrogens (tertiary/aromatic N) is 3. The Labute approximate surface area is 121 Å². The molecule has 1 heterocycles. The fourth-order valence-corrected chi connectivity index (χ4v) is 1.56. The second-order valence-electron chi connectivity index (χ2n) is 3.77. The van der Waals surface area contributed by atoms with E-state index in [1.807, 2.05) is 19.1 Å². The smallest absolute Gasteiger partial charge is 0.329 e. The van der Waals surface area contributed by atoms with Gasteiger partial charge in [-0.3, -0.25) is 0 Å². The quantitative estimate of drug-likeness (QED) is 0.816. The summed E-state index contributed by atoms with van der Waals surface area (Å²) in [7, 11) is 1.55. The maximum Gasteiger partial charge on any atom is 0.329 e. The molecule has 6 nitrogen and oxygen atoms in total. The lowest BCUT2D eigenvalue weighted by Crippen LogP contribution is -2.03. The van der Waals surface area contributed by atoms with Crippen LogP contribution in [0.15, 0.2) is 24.3 Å². The molecule has 0 fully saturated rings. The molecular formula is C13H14ClN3O3. The van der Waals surface area contributed by atoms with Crippen LogP contribution in [0, 0.1) is 0 Å². The summed E-state index contributed by atoms with van der Waals surface area (Å²) in [6.07, 6.45) is 0.839. The zero-order valence-corrected chi connectivity index (χ0v) is 11.9.